The van der Waals surface area contributed by atoms with Crippen molar-refractivity contribution in [2.75, 3.05) is 26.7 Å². The molecule has 3 atom stereocenters. The fourth-order valence-electron chi connectivity index (χ4n) is 2.46. The summed E-state index contributed by atoms with van der Waals surface area (Å²) in [4.78, 5) is 0. The van der Waals surface area contributed by atoms with Crippen LogP contribution in [0.15, 0.2) is 0 Å². The minimum absolute atomic E-state index is 0.331. The zero-order valence-corrected chi connectivity index (χ0v) is 8.29. The first-order chi connectivity index (χ1) is 6.27. The van der Waals surface area contributed by atoms with E-state index in [4.69, 9.17) is 5.73 Å². The average Bonchev–Trinajstić information content (AvgIpc) is 2.53. The summed E-state index contributed by atoms with van der Waals surface area (Å²) in [5, 5.41) is 5.51. The Kier molecular flexibility index (Phi) is 2.83. The van der Waals surface area contributed by atoms with Gasteiger partial charge in [-0.3, -0.25) is 5.43 Å². The topological polar surface area (TPSA) is 53.3 Å². The Bertz CT molecular complexity index is 173. The molecule has 2 fully saturated rings. The van der Waals surface area contributed by atoms with Crippen molar-refractivity contribution >= 4 is 0 Å². The molecule has 0 bridgehead atoms. The minimum Gasteiger partial charge on any atom is -0.326 e. The third kappa shape index (κ3) is 2.02. The van der Waals surface area contributed by atoms with E-state index in [2.05, 4.69) is 22.8 Å². The Balaban J connectivity index is 1.91. The largest absolute Gasteiger partial charge is 0.326 e. The highest BCUT2D eigenvalue weighted by atomic mass is 15.5. The van der Waals surface area contributed by atoms with Crippen molar-refractivity contribution < 1.29 is 0 Å². The Hall–Kier alpha value is -0.160. The number of rotatable bonds is 1. The van der Waals surface area contributed by atoms with E-state index < -0.39 is 0 Å². The van der Waals surface area contributed by atoms with Gasteiger partial charge in [0.2, 0.25) is 0 Å². The third-order valence-corrected chi connectivity index (χ3v) is 3.26. The van der Waals surface area contributed by atoms with Gasteiger partial charge in [-0.1, -0.05) is 0 Å². The van der Waals surface area contributed by atoms with Gasteiger partial charge in [-0.15, -0.1) is 0 Å². The molecule has 4 N–H and O–H groups in total. The lowest BCUT2D eigenvalue weighted by molar-refractivity contribution is 0.211. The molecule has 4 heteroatoms. The van der Waals surface area contributed by atoms with Crippen molar-refractivity contribution in [1.29, 1.82) is 0 Å². The van der Waals surface area contributed by atoms with Crippen LogP contribution in [0.1, 0.15) is 12.8 Å². The Labute approximate surface area is 79.8 Å². The fraction of sp³-hybridized carbons (Fsp3) is 1.00. The van der Waals surface area contributed by atoms with Crippen molar-refractivity contribution in [3.05, 3.63) is 0 Å². The summed E-state index contributed by atoms with van der Waals surface area (Å²) >= 11 is 0. The van der Waals surface area contributed by atoms with Crippen molar-refractivity contribution in [3.8, 4) is 0 Å². The van der Waals surface area contributed by atoms with E-state index in [9.17, 15) is 0 Å². The summed E-state index contributed by atoms with van der Waals surface area (Å²) in [5.41, 5.74) is 9.56. The lowest BCUT2D eigenvalue weighted by Gasteiger charge is -2.33. The van der Waals surface area contributed by atoms with Crippen molar-refractivity contribution in [3.63, 3.8) is 0 Å². The van der Waals surface area contributed by atoms with E-state index in [-0.39, 0.29) is 0 Å². The normalized spacial score (nSPS) is 42.5. The molecule has 0 saturated carbocycles. The molecule has 2 aliphatic rings. The van der Waals surface area contributed by atoms with Gasteiger partial charge in [0.25, 0.3) is 0 Å². The van der Waals surface area contributed by atoms with Gasteiger partial charge in [-0.25, -0.2) is 5.01 Å². The van der Waals surface area contributed by atoms with Gasteiger partial charge in [0.1, 0.15) is 0 Å². The summed E-state index contributed by atoms with van der Waals surface area (Å²) < 4.78 is 0. The van der Waals surface area contributed by atoms with Crippen molar-refractivity contribution in [2.45, 2.75) is 24.9 Å². The second kappa shape index (κ2) is 3.92. The fourth-order valence-corrected chi connectivity index (χ4v) is 2.46. The van der Waals surface area contributed by atoms with Crippen molar-refractivity contribution in [1.82, 2.24) is 15.8 Å². The highest BCUT2D eigenvalue weighted by Crippen LogP contribution is 2.21. The van der Waals surface area contributed by atoms with Crippen LogP contribution < -0.4 is 16.5 Å². The smallest absolute Gasteiger partial charge is 0.0271 e. The van der Waals surface area contributed by atoms with Crippen LogP contribution in [-0.4, -0.2) is 43.8 Å². The molecule has 2 aliphatic heterocycles. The number of nitrogens with one attached hydrogen (secondary N) is 2. The van der Waals surface area contributed by atoms with Crippen LogP contribution in [0.5, 0.6) is 0 Å². The Morgan fingerprint density at radius 3 is 2.85 bits per heavy atom. The zero-order chi connectivity index (χ0) is 9.26. The van der Waals surface area contributed by atoms with E-state index in [1.165, 1.54) is 12.8 Å². The number of hydrogen-bond acceptors (Lipinski definition) is 4. The number of piperidine rings is 1. The zero-order valence-electron chi connectivity index (χ0n) is 8.29. The molecule has 0 radical (unpaired) electrons. The number of nitrogens with two attached hydrogens (primary N) is 1. The van der Waals surface area contributed by atoms with E-state index >= 15 is 0 Å². The lowest BCUT2D eigenvalue weighted by Crippen LogP contribution is -2.53. The maximum absolute atomic E-state index is 6.08. The molecular weight excluding hydrogens is 164 g/mol. The van der Waals surface area contributed by atoms with Gasteiger partial charge in [0.05, 0.1) is 0 Å². The first-order valence-corrected chi connectivity index (χ1v) is 5.21. The Morgan fingerprint density at radius 1 is 1.38 bits per heavy atom. The maximum atomic E-state index is 6.08. The van der Waals surface area contributed by atoms with Crippen LogP contribution in [0.3, 0.4) is 0 Å². The number of hydrogen-bond donors (Lipinski definition) is 3. The molecule has 2 heterocycles. The van der Waals surface area contributed by atoms with Crippen LogP contribution in [0.25, 0.3) is 0 Å². The lowest BCUT2D eigenvalue weighted by atomic mass is 9.86. The van der Waals surface area contributed by atoms with E-state index in [1.807, 2.05) is 0 Å². The van der Waals surface area contributed by atoms with Crippen LogP contribution in [-0.2, 0) is 0 Å². The van der Waals surface area contributed by atoms with E-state index in [0.717, 1.165) is 19.6 Å². The standard InChI is InChI=1S/C9H20N4/c1-13-5-3-9(12-13)7-2-4-11-6-8(7)10/h7-9,11-12H,2-6,10H2,1H3. The van der Waals surface area contributed by atoms with Gasteiger partial charge in [0.15, 0.2) is 0 Å². The summed E-state index contributed by atoms with van der Waals surface area (Å²) in [6.07, 6.45) is 2.46. The summed E-state index contributed by atoms with van der Waals surface area (Å²) in [6.45, 7) is 3.26. The minimum atomic E-state index is 0.331. The SMILES string of the molecule is CN1CCC(C2CCNCC2N)N1. The van der Waals surface area contributed by atoms with Crippen molar-refractivity contribution in [2.24, 2.45) is 11.7 Å². The van der Waals surface area contributed by atoms with Gasteiger partial charge < -0.3 is 11.1 Å². The first kappa shape index (κ1) is 9.40. The quantitative estimate of drug-likeness (QED) is 0.496. The molecular formula is C9H20N4. The number of nitrogens with zero attached hydrogens (tertiary/aromatic N) is 1. The second-order valence-electron chi connectivity index (χ2n) is 4.27. The molecule has 76 valence electrons. The van der Waals surface area contributed by atoms with Gasteiger partial charge in [-0.2, -0.15) is 0 Å². The highest BCUT2D eigenvalue weighted by Gasteiger charge is 2.32. The van der Waals surface area contributed by atoms with E-state index in [1.54, 1.807) is 0 Å². The van der Waals surface area contributed by atoms with Gasteiger partial charge >= 0.3 is 0 Å². The predicted octanol–water partition coefficient (Wildman–Crippen LogP) is -0.868. The third-order valence-electron chi connectivity index (χ3n) is 3.26. The summed E-state index contributed by atoms with van der Waals surface area (Å²) in [6, 6.07) is 0.944. The predicted molar refractivity (Wildman–Crippen MR) is 53.1 cm³/mol. The molecule has 0 aromatic carbocycles. The van der Waals surface area contributed by atoms with Gasteiger partial charge in [-0.05, 0) is 25.3 Å². The highest BCUT2D eigenvalue weighted by molar-refractivity contribution is 4.90. The summed E-state index contributed by atoms with van der Waals surface area (Å²) in [5.74, 6) is 0.659. The first-order valence-electron chi connectivity index (χ1n) is 5.21. The molecule has 3 unspecified atom stereocenters. The molecule has 4 nitrogen and oxygen atoms in total. The monoisotopic (exact) mass is 184 g/mol. The second-order valence-corrected chi connectivity index (χ2v) is 4.27. The average molecular weight is 184 g/mol. The molecule has 2 rings (SSSR count). The molecule has 0 aromatic rings. The number of hydrazine groups is 1. The maximum Gasteiger partial charge on any atom is 0.0271 e. The molecule has 2 saturated heterocycles. The molecule has 0 aromatic heterocycles. The van der Waals surface area contributed by atoms with Crippen LogP contribution in [0, 0.1) is 5.92 Å². The Morgan fingerprint density at radius 2 is 2.23 bits per heavy atom. The van der Waals surface area contributed by atoms with Crippen LogP contribution in [0.4, 0.5) is 0 Å². The van der Waals surface area contributed by atoms with E-state index in [0.29, 0.717) is 18.0 Å². The molecule has 13 heavy (non-hydrogen) atoms. The summed E-state index contributed by atoms with van der Waals surface area (Å²) in [7, 11) is 2.10. The van der Waals surface area contributed by atoms with Crippen LogP contribution in [0.2, 0.25) is 0 Å². The van der Waals surface area contributed by atoms with Gasteiger partial charge in [0, 0.05) is 32.2 Å². The molecule has 0 amide bonds. The van der Waals surface area contributed by atoms with Crippen LogP contribution >= 0.6 is 0 Å². The molecule has 0 aliphatic carbocycles. The molecule has 0 spiro atoms.